The van der Waals surface area contributed by atoms with Crippen LogP contribution in [0.5, 0.6) is 11.5 Å². The molecule has 9 nitrogen and oxygen atoms in total. The fourth-order valence-electron chi connectivity index (χ4n) is 3.31. The number of sulfonamides is 1. The van der Waals surface area contributed by atoms with E-state index in [9.17, 15) is 18.0 Å². The van der Waals surface area contributed by atoms with E-state index in [-0.39, 0.29) is 12.5 Å². The van der Waals surface area contributed by atoms with Crippen molar-refractivity contribution in [3.8, 4) is 11.5 Å². The topological polar surface area (TPSA) is 105 Å². The number of ether oxygens (including phenoxy) is 2. The molecule has 0 spiro atoms. The van der Waals surface area contributed by atoms with Gasteiger partial charge in [0.25, 0.3) is 0 Å². The number of hydrogen-bond acceptors (Lipinski definition) is 6. The number of nitrogens with zero attached hydrogens (tertiary/aromatic N) is 2. The van der Waals surface area contributed by atoms with Crippen molar-refractivity contribution >= 4 is 27.5 Å². The van der Waals surface area contributed by atoms with E-state index in [4.69, 9.17) is 9.47 Å². The molecule has 2 rings (SSSR count). The summed E-state index contributed by atoms with van der Waals surface area (Å²) < 4.78 is 36.5. The average molecular weight is 492 g/mol. The van der Waals surface area contributed by atoms with Gasteiger partial charge >= 0.3 is 0 Å². The Hall–Kier alpha value is -3.27. The third kappa shape index (κ3) is 7.38. The summed E-state index contributed by atoms with van der Waals surface area (Å²) in [5, 5.41) is 2.80. The number of nitrogens with one attached hydrogen (secondary N) is 1. The summed E-state index contributed by atoms with van der Waals surface area (Å²) in [6, 6.07) is 12.7. The predicted molar refractivity (Wildman–Crippen MR) is 131 cm³/mol. The Morgan fingerprint density at radius 3 is 2.24 bits per heavy atom. The molecule has 0 saturated carbocycles. The average Bonchev–Trinajstić information content (AvgIpc) is 2.83. The van der Waals surface area contributed by atoms with Crippen LogP contribution in [0.3, 0.4) is 0 Å². The van der Waals surface area contributed by atoms with Gasteiger partial charge in [0.1, 0.15) is 24.1 Å². The van der Waals surface area contributed by atoms with Gasteiger partial charge in [0.05, 0.1) is 26.2 Å². The number of amides is 2. The van der Waals surface area contributed by atoms with E-state index in [2.05, 4.69) is 5.32 Å². The van der Waals surface area contributed by atoms with E-state index in [1.165, 1.54) is 12.0 Å². The maximum absolute atomic E-state index is 13.5. The second-order valence-corrected chi connectivity index (χ2v) is 9.71. The quantitative estimate of drug-likeness (QED) is 0.489. The maximum atomic E-state index is 13.5. The molecule has 2 amide bonds. The number of rotatable bonds is 12. The molecule has 34 heavy (non-hydrogen) atoms. The molecule has 0 fully saturated rings. The highest BCUT2D eigenvalue weighted by molar-refractivity contribution is 7.92. The molecule has 186 valence electrons. The Morgan fingerprint density at radius 1 is 1.03 bits per heavy atom. The molecule has 0 aliphatic heterocycles. The van der Waals surface area contributed by atoms with Gasteiger partial charge in [-0.1, -0.05) is 19.1 Å². The Kier molecular flexibility index (Phi) is 9.73. The molecule has 0 bridgehead atoms. The second-order valence-electron chi connectivity index (χ2n) is 7.81. The molecular formula is C24H33N3O6S. The van der Waals surface area contributed by atoms with Gasteiger partial charge in [-0.15, -0.1) is 0 Å². The minimum atomic E-state index is -3.79. The first-order valence-electron chi connectivity index (χ1n) is 10.9. The number of carbonyl (C=O) groups is 2. The maximum Gasteiger partial charge on any atom is 0.244 e. The smallest absolute Gasteiger partial charge is 0.244 e. The Morgan fingerprint density at radius 2 is 1.68 bits per heavy atom. The molecule has 0 unspecified atom stereocenters. The van der Waals surface area contributed by atoms with Gasteiger partial charge in [-0.3, -0.25) is 13.9 Å². The third-order valence-corrected chi connectivity index (χ3v) is 6.38. The Balaban J connectivity index is 2.37. The Bertz CT molecular complexity index is 1070. The lowest BCUT2D eigenvalue weighted by molar-refractivity contribution is -0.139. The normalized spacial score (nSPS) is 11.9. The van der Waals surface area contributed by atoms with Crippen molar-refractivity contribution in [1.82, 2.24) is 10.2 Å². The summed E-state index contributed by atoms with van der Waals surface area (Å²) in [5.74, 6) is 0.352. The van der Waals surface area contributed by atoms with Crippen molar-refractivity contribution < 1.29 is 27.5 Å². The number of hydrogen-bond donors (Lipinski definition) is 1. The molecule has 0 saturated heterocycles. The van der Waals surface area contributed by atoms with Crippen LogP contribution in [0.1, 0.15) is 25.8 Å². The monoisotopic (exact) mass is 491 g/mol. The lowest BCUT2D eigenvalue weighted by atomic mass is 10.1. The predicted octanol–water partition coefficient (Wildman–Crippen LogP) is 2.41. The van der Waals surface area contributed by atoms with Crippen molar-refractivity contribution in [1.29, 1.82) is 0 Å². The zero-order valence-electron chi connectivity index (χ0n) is 20.3. The van der Waals surface area contributed by atoms with E-state index < -0.39 is 28.5 Å². The van der Waals surface area contributed by atoms with Crippen LogP contribution in [-0.2, 0) is 26.2 Å². The lowest BCUT2D eigenvalue weighted by Crippen LogP contribution is -2.51. The van der Waals surface area contributed by atoms with Gasteiger partial charge in [0, 0.05) is 13.1 Å². The SMILES string of the molecule is CCCNC(=O)[C@@H](C)N(Cc1cccc(OC)c1)C(=O)CN(c1ccc(OC)cc1)S(C)(=O)=O. The van der Waals surface area contributed by atoms with Crippen molar-refractivity contribution in [3.05, 3.63) is 54.1 Å². The van der Waals surface area contributed by atoms with E-state index in [0.29, 0.717) is 23.7 Å². The molecule has 0 radical (unpaired) electrons. The molecular weight excluding hydrogens is 458 g/mol. The summed E-state index contributed by atoms with van der Waals surface area (Å²) in [5.41, 5.74) is 1.07. The van der Waals surface area contributed by atoms with Crippen molar-refractivity contribution in [2.75, 3.05) is 37.9 Å². The van der Waals surface area contributed by atoms with Crippen LogP contribution in [0.2, 0.25) is 0 Å². The molecule has 0 heterocycles. The van der Waals surface area contributed by atoms with E-state index >= 15 is 0 Å². The summed E-state index contributed by atoms with van der Waals surface area (Å²) in [6.07, 6.45) is 1.79. The third-order valence-electron chi connectivity index (χ3n) is 5.24. The van der Waals surface area contributed by atoms with Crippen LogP contribution >= 0.6 is 0 Å². The van der Waals surface area contributed by atoms with Gasteiger partial charge in [-0.2, -0.15) is 0 Å². The van der Waals surface area contributed by atoms with Gasteiger partial charge in [-0.05, 0) is 55.3 Å². The minimum Gasteiger partial charge on any atom is -0.497 e. The summed E-state index contributed by atoms with van der Waals surface area (Å²) in [6.45, 7) is 3.69. The largest absolute Gasteiger partial charge is 0.497 e. The van der Waals surface area contributed by atoms with Crippen LogP contribution in [0.25, 0.3) is 0 Å². The number of methoxy groups -OCH3 is 2. The molecule has 1 N–H and O–H groups in total. The Labute approximate surface area is 201 Å². The summed E-state index contributed by atoms with van der Waals surface area (Å²) >= 11 is 0. The second kappa shape index (κ2) is 12.3. The van der Waals surface area contributed by atoms with Gasteiger partial charge in [-0.25, -0.2) is 8.42 Å². The highest BCUT2D eigenvalue weighted by Crippen LogP contribution is 2.22. The van der Waals surface area contributed by atoms with E-state index in [0.717, 1.165) is 22.5 Å². The molecule has 10 heteroatoms. The molecule has 1 atom stereocenters. The number of anilines is 1. The highest BCUT2D eigenvalue weighted by atomic mass is 32.2. The highest BCUT2D eigenvalue weighted by Gasteiger charge is 2.30. The van der Waals surface area contributed by atoms with Crippen LogP contribution in [0.4, 0.5) is 5.69 Å². The first-order chi connectivity index (χ1) is 16.1. The fourth-order valence-corrected chi connectivity index (χ4v) is 4.16. The summed E-state index contributed by atoms with van der Waals surface area (Å²) in [7, 11) is -0.734. The molecule has 0 aliphatic carbocycles. The molecule has 0 aliphatic rings. The van der Waals surface area contributed by atoms with Crippen LogP contribution in [-0.4, -0.2) is 64.7 Å². The first kappa shape index (κ1) is 27.0. The molecule has 2 aromatic carbocycles. The zero-order valence-corrected chi connectivity index (χ0v) is 21.1. The fraction of sp³-hybridized carbons (Fsp3) is 0.417. The van der Waals surface area contributed by atoms with Gasteiger partial charge < -0.3 is 19.7 Å². The van der Waals surface area contributed by atoms with Crippen molar-refractivity contribution in [2.45, 2.75) is 32.9 Å². The van der Waals surface area contributed by atoms with Crippen LogP contribution in [0.15, 0.2) is 48.5 Å². The lowest BCUT2D eigenvalue weighted by Gasteiger charge is -2.31. The standard InChI is InChI=1S/C24H33N3O6S/c1-6-14-25-24(29)18(2)26(16-19-8-7-9-22(15-19)33-4)23(28)17-27(34(5,30)31)20-10-12-21(32-3)13-11-20/h7-13,15,18H,6,14,16-17H2,1-5H3,(H,25,29)/t18-/m1/s1. The van der Waals surface area contributed by atoms with Crippen molar-refractivity contribution in [2.24, 2.45) is 0 Å². The van der Waals surface area contributed by atoms with Gasteiger partial charge in [0.15, 0.2) is 0 Å². The van der Waals surface area contributed by atoms with Crippen LogP contribution < -0.4 is 19.1 Å². The first-order valence-corrected chi connectivity index (χ1v) is 12.8. The number of benzene rings is 2. The van der Waals surface area contributed by atoms with Crippen molar-refractivity contribution in [3.63, 3.8) is 0 Å². The molecule has 2 aromatic rings. The van der Waals surface area contributed by atoms with E-state index in [1.54, 1.807) is 56.5 Å². The van der Waals surface area contributed by atoms with E-state index in [1.807, 2.05) is 13.0 Å². The number of carbonyl (C=O) groups excluding carboxylic acids is 2. The summed E-state index contributed by atoms with van der Waals surface area (Å²) in [4.78, 5) is 27.5. The zero-order chi connectivity index (χ0) is 25.3. The van der Waals surface area contributed by atoms with Gasteiger partial charge in [0.2, 0.25) is 21.8 Å². The molecule has 0 aromatic heterocycles. The van der Waals surface area contributed by atoms with Crippen LogP contribution in [0, 0.1) is 0 Å². The minimum absolute atomic E-state index is 0.108.